The third-order valence-electron chi connectivity index (χ3n) is 4.33. The minimum absolute atomic E-state index is 0.00174. The summed E-state index contributed by atoms with van der Waals surface area (Å²) < 4.78 is 0. The van der Waals surface area contributed by atoms with Crippen molar-refractivity contribution in [2.75, 3.05) is 5.75 Å². The second-order valence-corrected chi connectivity index (χ2v) is 7.19. The van der Waals surface area contributed by atoms with Gasteiger partial charge in [-0.1, -0.05) is 39.0 Å². The van der Waals surface area contributed by atoms with E-state index >= 15 is 0 Å². The lowest BCUT2D eigenvalue weighted by molar-refractivity contribution is -0.141. The fourth-order valence-electron chi connectivity index (χ4n) is 3.17. The van der Waals surface area contributed by atoms with Crippen molar-refractivity contribution in [3.8, 4) is 0 Å². The number of carbonyl (C=O) groups excluding carboxylic acids is 1. The molecular formula is C15H26N2O3S. The van der Waals surface area contributed by atoms with Gasteiger partial charge >= 0.3 is 12.0 Å². The number of nitrogens with one attached hydrogen (secondary N) is 1. The van der Waals surface area contributed by atoms with Crippen molar-refractivity contribution in [3.63, 3.8) is 0 Å². The molecule has 0 radical (unpaired) electrons. The number of urea groups is 1. The summed E-state index contributed by atoms with van der Waals surface area (Å²) in [5.41, 5.74) is 0. The highest BCUT2D eigenvalue weighted by Gasteiger charge is 2.41. The van der Waals surface area contributed by atoms with E-state index in [9.17, 15) is 14.7 Å². The lowest BCUT2D eigenvalue weighted by atomic mass is 10.1. The molecule has 0 aromatic heterocycles. The first kappa shape index (κ1) is 16.5. The number of amides is 2. The average Bonchev–Trinajstić information content (AvgIpc) is 2.70. The molecule has 5 nitrogen and oxygen atoms in total. The number of aliphatic carboxylic acids is 1. The topological polar surface area (TPSA) is 69.6 Å². The van der Waals surface area contributed by atoms with Crippen LogP contribution in [-0.2, 0) is 4.79 Å². The van der Waals surface area contributed by atoms with E-state index in [-0.39, 0.29) is 17.4 Å². The summed E-state index contributed by atoms with van der Waals surface area (Å²) in [7, 11) is 0. The number of hydrogen-bond acceptors (Lipinski definition) is 3. The van der Waals surface area contributed by atoms with E-state index in [0.717, 1.165) is 38.5 Å². The summed E-state index contributed by atoms with van der Waals surface area (Å²) in [4.78, 5) is 25.5. The van der Waals surface area contributed by atoms with Gasteiger partial charge in [0.15, 0.2) is 0 Å². The molecule has 6 heteroatoms. The van der Waals surface area contributed by atoms with Crippen molar-refractivity contribution >= 4 is 23.8 Å². The van der Waals surface area contributed by atoms with E-state index in [1.807, 2.05) is 0 Å². The molecule has 0 aromatic carbocycles. The van der Waals surface area contributed by atoms with E-state index in [0.29, 0.717) is 5.75 Å². The molecule has 2 amide bonds. The monoisotopic (exact) mass is 314 g/mol. The highest BCUT2D eigenvalue weighted by molar-refractivity contribution is 8.00. The molecule has 1 saturated carbocycles. The first-order valence-corrected chi connectivity index (χ1v) is 9.11. The predicted molar refractivity (Wildman–Crippen MR) is 84.4 cm³/mol. The summed E-state index contributed by atoms with van der Waals surface area (Å²) in [6, 6.07) is -0.655. The van der Waals surface area contributed by atoms with Crippen LogP contribution < -0.4 is 5.32 Å². The van der Waals surface area contributed by atoms with Crippen LogP contribution in [0.15, 0.2) is 0 Å². The highest BCUT2D eigenvalue weighted by Crippen LogP contribution is 2.32. The second kappa shape index (κ2) is 7.92. The van der Waals surface area contributed by atoms with Crippen LogP contribution >= 0.6 is 11.8 Å². The van der Waals surface area contributed by atoms with Crippen molar-refractivity contribution in [1.82, 2.24) is 10.2 Å². The largest absolute Gasteiger partial charge is 0.480 e. The van der Waals surface area contributed by atoms with Crippen molar-refractivity contribution in [1.29, 1.82) is 0 Å². The van der Waals surface area contributed by atoms with Gasteiger partial charge in [0.05, 0.1) is 5.37 Å². The summed E-state index contributed by atoms with van der Waals surface area (Å²) in [6.45, 7) is 2.07. The Hall–Kier alpha value is -0.910. The molecule has 1 aliphatic heterocycles. The number of carbonyl (C=O) groups is 2. The van der Waals surface area contributed by atoms with Crippen LogP contribution in [0.5, 0.6) is 0 Å². The van der Waals surface area contributed by atoms with Crippen LogP contribution in [-0.4, -0.2) is 45.2 Å². The van der Waals surface area contributed by atoms with Gasteiger partial charge in [0.25, 0.3) is 0 Å². The number of carboxylic acid groups (broad SMARTS) is 1. The summed E-state index contributed by atoms with van der Waals surface area (Å²) in [5.74, 6) is -0.393. The van der Waals surface area contributed by atoms with Gasteiger partial charge in [-0.15, -0.1) is 11.8 Å². The molecule has 0 spiro atoms. The standard InChI is InChI=1S/C15H26N2O3S/c1-2-7-13-17(12(10-21-13)14(18)19)15(20)16-11-8-5-3-4-6-9-11/h11-13H,2-10H2,1H3,(H,16,20)(H,18,19). The summed E-state index contributed by atoms with van der Waals surface area (Å²) in [5, 5.41) is 12.4. The van der Waals surface area contributed by atoms with Gasteiger partial charge in [0.1, 0.15) is 6.04 Å². The van der Waals surface area contributed by atoms with E-state index in [1.165, 1.54) is 12.8 Å². The molecule has 1 heterocycles. The molecule has 1 aliphatic carbocycles. The Morgan fingerprint density at radius 1 is 1.24 bits per heavy atom. The van der Waals surface area contributed by atoms with E-state index in [4.69, 9.17) is 0 Å². The minimum atomic E-state index is -0.892. The predicted octanol–water partition coefficient (Wildman–Crippen LogP) is 3.05. The van der Waals surface area contributed by atoms with Crippen LogP contribution in [0, 0.1) is 0 Å². The molecule has 2 rings (SSSR count). The third kappa shape index (κ3) is 4.28. The molecule has 0 aromatic rings. The average molecular weight is 314 g/mol. The quantitative estimate of drug-likeness (QED) is 0.783. The zero-order valence-corrected chi connectivity index (χ0v) is 13.5. The number of carboxylic acids is 1. The number of hydrogen-bond donors (Lipinski definition) is 2. The highest BCUT2D eigenvalue weighted by atomic mass is 32.2. The Morgan fingerprint density at radius 2 is 1.90 bits per heavy atom. The lowest BCUT2D eigenvalue weighted by Gasteiger charge is -2.29. The smallest absolute Gasteiger partial charge is 0.327 e. The first-order valence-electron chi connectivity index (χ1n) is 8.06. The summed E-state index contributed by atoms with van der Waals surface area (Å²) in [6.07, 6.45) is 8.63. The molecule has 2 N–H and O–H groups in total. The number of thioether (sulfide) groups is 1. The van der Waals surface area contributed by atoms with Crippen LogP contribution in [0.3, 0.4) is 0 Å². The van der Waals surface area contributed by atoms with Gasteiger partial charge in [0.2, 0.25) is 0 Å². The Morgan fingerprint density at radius 3 is 2.48 bits per heavy atom. The van der Waals surface area contributed by atoms with Gasteiger partial charge in [-0.05, 0) is 19.3 Å². The molecule has 2 unspecified atom stereocenters. The van der Waals surface area contributed by atoms with E-state index in [2.05, 4.69) is 12.2 Å². The van der Waals surface area contributed by atoms with Crippen molar-refractivity contribution in [2.24, 2.45) is 0 Å². The maximum atomic E-state index is 12.6. The zero-order valence-electron chi connectivity index (χ0n) is 12.7. The Balaban J connectivity index is 2.00. The van der Waals surface area contributed by atoms with Crippen LogP contribution in [0.2, 0.25) is 0 Å². The van der Waals surface area contributed by atoms with Gasteiger partial charge < -0.3 is 10.4 Å². The third-order valence-corrected chi connectivity index (χ3v) is 5.69. The maximum absolute atomic E-state index is 12.6. The van der Waals surface area contributed by atoms with Crippen molar-refractivity contribution in [2.45, 2.75) is 75.7 Å². The number of nitrogens with zero attached hydrogens (tertiary/aromatic N) is 1. The van der Waals surface area contributed by atoms with Gasteiger partial charge in [-0.25, -0.2) is 9.59 Å². The second-order valence-electron chi connectivity index (χ2n) is 5.98. The van der Waals surface area contributed by atoms with Crippen LogP contribution in [0.4, 0.5) is 4.79 Å². The van der Waals surface area contributed by atoms with Gasteiger partial charge in [-0.3, -0.25) is 4.90 Å². The molecule has 2 atom stereocenters. The number of rotatable bonds is 4. The molecule has 2 fully saturated rings. The molecule has 120 valence electrons. The Kier molecular flexibility index (Phi) is 6.21. The zero-order chi connectivity index (χ0) is 15.2. The molecule has 0 bridgehead atoms. The summed E-state index contributed by atoms with van der Waals surface area (Å²) >= 11 is 1.59. The first-order chi connectivity index (χ1) is 10.1. The normalized spacial score (nSPS) is 27.4. The molecule has 21 heavy (non-hydrogen) atoms. The molecular weight excluding hydrogens is 288 g/mol. The maximum Gasteiger partial charge on any atom is 0.327 e. The van der Waals surface area contributed by atoms with Crippen LogP contribution in [0.1, 0.15) is 58.3 Å². The van der Waals surface area contributed by atoms with Crippen LogP contribution in [0.25, 0.3) is 0 Å². The molecule has 1 saturated heterocycles. The van der Waals surface area contributed by atoms with Gasteiger partial charge in [-0.2, -0.15) is 0 Å². The Bertz CT molecular complexity index is 370. The minimum Gasteiger partial charge on any atom is -0.480 e. The lowest BCUT2D eigenvalue weighted by Crippen LogP contribution is -2.52. The SMILES string of the molecule is CCCC1SCC(C(=O)O)N1C(=O)NC1CCCCCC1. The fourth-order valence-corrected chi connectivity index (χ4v) is 4.68. The van der Waals surface area contributed by atoms with Gasteiger partial charge in [0, 0.05) is 11.8 Å². The van der Waals surface area contributed by atoms with E-state index < -0.39 is 12.0 Å². The molecule has 2 aliphatic rings. The van der Waals surface area contributed by atoms with Crippen molar-refractivity contribution < 1.29 is 14.7 Å². The fraction of sp³-hybridized carbons (Fsp3) is 0.867. The Labute approximate surface area is 130 Å². The van der Waals surface area contributed by atoms with Crippen molar-refractivity contribution in [3.05, 3.63) is 0 Å². The van der Waals surface area contributed by atoms with E-state index in [1.54, 1.807) is 16.7 Å².